The molecule has 1 aliphatic heterocycles. The third-order valence-electron chi connectivity index (χ3n) is 2.97. The lowest BCUT2D eigenvalue weighted by Gasteiger charge is -2.23. The smallest absolute Gasteiger partial charge is 0.0615 e. The average molecular weight is 187 g/mol. The van der Waals surface area contributed by atoms with E-state index in [0.29, 0.717) is 12.0 Å². The molecule has 0 spiro atoms. The zero-order chi connectivity index (χ0) is 9.84. The highest BCUT2D eigenvalue weighted by Crippen LogP contribution is 2.21. The fourth-order valence-corrected chi connectivity index (χ4v) is 1.96. The number of rotatable bonds is 4. The molecule has 0 aromatic heterocycles. The predicted octanol–water partition coefficient (Wildman–Crippen LogP) is 0.724. The third-order valence-corrected chi connectivity index (χ3v) is 2.97. The van der Waals surface area contributed by atoms with Crippen molar-refractivity contribution in [2.75, 3.05) is 26.8 Å². The van der Waals surface area contributed by atoms with Gasteiger partial charge in [0.25, 0.3) is 0 Å². The van der Waals surface area contributed by atoms with Gasteiger partial charge in [0.15, 0.2) is 0 Å². The van der Waals surface area contributed by atoms with E-state index in [4.69, 9.17) is 4.74 Å². The minimum atomic E-state index is -0.167. The van der Waals surface area contributed by atoms with Gasteiger partial charge in [0.05, 0.1) is 12.7 Å². The quantitative estimate of drug-likeness (QED) is 0.704. The molecule has 0 aromatic carbocycles. The van der Waals surface area contributed by atoms with Crippen molar-refractivity contribution in [3.05, 3.63) is 0 Å². The molecule has 3 heteroatoms. The van der Waals surface area contributed by atoms with Crippen LogP contribution in [0.4, 0.5) is 0 Å². The fourth-order valence-electron chi connectivity index (χ4n) is 1.96. The molecule has 3 atom stereocenters. The molecular formula is C10H21NO2. The summed E-state index contributed by atoms with van der Waals surface area (Å²) in [5.74, 6) is 0.458. The molecule has 1 saturated heterocycles. The van der Waals surface area contributed by atoms with Crippen LogP contribution in [-0.4, -0.2) is 49.0 Å². The highest BCUT2D eigenvalue weighted by Gasteiger charge is 2.28. The molecule has 0 saturated carbocycles. The van der Waals surface area contributed by atoms with Crippen LogP contribution in [0.2, 0.25) is 0 Å². The summed E-state index contributed by atoms with van der Waals surface area (Å²) in [7, 11) is 1.73. The number of aliphatic hydroxyl groups excluding tert-OH is 1. The Morgan fingerprint density at radius 1 is 1.54 bits per heavy atom. The third kappa shape index (κ3) is 2.93. The van der Waals surface area contributed by atoms with Crippen LogP contribution in [0.15, 0.2) is 0 Å². The highest BCUT2D eigenvalue weighted by atomic mass is 16.5. The van der Waals surface area contributed by atoms with Gasteiger partial charge in [-0.1, -0.05) is 0 Å². The Labute approximate surface area is 80.7 Å². The summed E-state index contributed by atoms with van der Waals surface area (Å²) in [6.07, 6.45) is 0.950. The summed E-state index contributed by atoms with van der Waals surface area (Å²) in [5.41, 5.74) is 0. The van der Waals surface area contributed by atoms with Crippen molar-refractivity contribution in [1.82, 2.24) is 4.90 Å². The topological polar surface area (TPSA) is 32.7 Å². The zero-order valence-electron chi connectivity index (χ0n) is 8.86. The zero-order valence-corrected chi connectivity index (χ0v) is 8.86. The minimum absolute atomic E-state index is 0.167. The maximum atomic E-state index is 9.42. The number of ether oxygens (including phenoxy) is 1. The number of likely N-dealkylation sites (tertiary alicyclic amines) is 1. The Bertz CT molecular complexity index is 150. The van der Waals surface area contributed by atoms with E-state index in [9.17, 15) is 5.11 Å². The summed E-state index contributed by atoms with van der Waals surface area (Å²) in [6, 6.07) is 0.480. The van der Waals surface area contributed by atoms with Crippen LogP contribution in [0.3, 0.4) is 0 Å². The lowest BCUT2D eigenvalue weighted by atomic mass is 10.0. The molecule has 0 bridgehead atoms. The van der Waals surface area contributed by atoms with E-state index >= 15 is 0 Å². The van der Waals surface area contributed by atoms with Crippen molar-refractivity contribution >= 4 is 0 Å². The average Bonchev–Trinajstić information content (AvgIpc) is 2.52. The Balaban J connectivity index is 2.31. The van der Waals surface area contributed by atoms with Crippen molar-refractivity contribution in [3.63, 3.8) is 0 Å². The van der Waals surface area contributed by atoms with Gasteiger partial charge in [0.2, 0.25) is 0 Å². The van der Waals surface area contributed by atoms with Crippen molar-refractivity contribution < 1.29 is 9.84 Å². The van der Waals surface area contributed by atoms with Gasteiger partial charge in [0.1, 0.15) is 0 Å². The van der Waals surface area contributed by atoms with Crippen molar-refractivity contribution in [1.29, 1.82) is 0 Å². The highest BCUT2D eigenvalue weighted by molar-refractivity contribution is 4.81. The molecule has 0 aliphatic carbocycles. The molecule has 0 amide bonds. The first kappa shape index (κ1) is 11.0. The van der Waals surface area contributed by atoms with Gasteiger partial charge in [-0.3, -0.25) is 4.90 Å². The van der Waals surface area contributed by atoms with Crippen LogP contribution in [-0.2, 0) is 4.74 Å². The maximum Gasteiger partial charge on any atom is 0.0615 e. The van der Waals surface area contributed by atoms with Gasteiger partial charge in [-0.2, -0.15) is 0 Å². The molecular weight excluding hydrogens is 166 g/mol. The lowest BCUT2D eigenvalue weighted by molar-refractivity contribution is 0.0952. The molecule has 3 nitrogen and oxygen atoms in total. The standard InChI is InChI=1S/C10H21NO2/c1-8(7-13-3)11-5-4-10(6-11)9(2)12/h8-10,12H,4-7H2,1-3H3. The molecule has 1 fully saturated rings. The van der Waals surface area contributed by atoms with Gasteiger partial charge in [-0.15, -0.1) is 0 Å². The van der Waals surface area contributed by atoms with Crippen LogP contribution >= 0.6 is 0 Å². The Kier molecular flexibility index (Phi) is 4.16. The van der Waals surface area contributed by atoms with Crippen LogP contribution < -0.4 is 0 Å². The number of hydrogen-bond donors (Lipinski definition) is 1. The lowest BCUT2D eigenvalue weighted by Crippen LogP contribution is -2.35. The number of nitrogens with zero attached hydrogens (tertiary/aromatic N) is 1. The first-order chi connectivity index (χ1) is 6.15. The second-order valence-corrected chi connectivity index (χ2v) is 4.09. The van der Waals surface area contributed by atoms with Crippen molar-refractivity contribution in [2.24, 2.45) is 5.92 Å². The van der Waals surface area contributed by atoms with Gasteiger partial charge in [0, 0.05) is 19.7 Å². The monoisotopic (exact) mass is 187 g/mol. The molecule has 1 rings (SSSR count). The summed E-state index contributed by atoms with van der Waals surface area (Å²) in [5, 5.41) is 9.42. The Morgan fingerprint density at radius 2 is 2.23 bits per heavy atom. The minimum Gasteiger partial charge on any atom is -0.393 e. The van der Waals surface area contributed by atoms with Gasteiger partial charge in [-0.05, 0) is 32.7 Å². The van der Waals surface area contributed by atoms with Crippen molar-refractivity contribution in [2.45, 2.75) is 32.4 Å². The number of methoxy groups -OCH3 is 1. The van der Waals surface area contributed by atoms with E-state index in [1.54, 1.807) is 7.11 Å². The Hall–Kier alpha value is -0.120. The van der Waals surface area contributed by atoms with Gasteiger partial charge < -0.3 is 9.84 Å². The number of hydrogen-bond acceptors (Lipinski definition) is 3. The molecule has 13 heavy (non-hydrogen) atoms. The molecule has 0 aromatic rings. The van der Waals surface area contributed by atoms with E-state index < -0.39 is 0 Å². The molecule has 1 heterocycles. The molecule has 1 N–H and O–H groups in total. The van der Waals surface area contributed by atoms with Crippen molar-refractivity contribution in [3.8, 4) is 0 Å². The first-order valence-corrected chi connectivity index (χ1v) is 5.06. The van der Waals surface area contributed by atoms with E-state index in [1.807, 2.05) is 6.92 Å². The summed E-state index contributed by atoms with van der Waals surface area (Å²) >= 11 is 0. The van der Waals surface area contributed by atoms with Crippen LogP contribution in [0.5, 0.6) is 0 Å². The van der Waals surface area contributed by atoms with Crippen LogP contribution in [0.1, 0.15) is 20.3 Å². The summed E-state index contributed by atoms with van der Waals surface area (Å²) < 4.78 is 5.11. The van der Waals surface area contributed by atoms with Gasteiger partial charge >= 0.3 is 0 Å². The normalized spacial score (nSPS) is 29.1. The van der Waals surface area contributed by atoms with Gasteiger partial charge in [-0.25, -0.2) is 0 Å². The predicted molar refractivity (Wildman–Crippen MR) is 52.7 cm³/mol. The molecule has 1 aliphatic rings. The second-order valence-electron chi connectivity index (χ2n) is 4.09. The van der Waals surface area contributed by atoms with E-state index in [1.165, 1.54) is 0 Å². The summed E-state index contributed by atoms with van der Waals surface area (Å²) in [6.45, 7) is 6.96. The molecule has 78 valence electrons. The van der Waals surface area contributed by atoms with E-state index in [-0.39, 0.29) is 6.10 Å². The van der Waals surface area contributed by atoms with Crippen LogP contribution in [0.25, 0.3) is 0 Å². The SMILES string of the molecule is COCC(C)N1CCC(C(C)O)C1. The van der Waals surface area contributed by atoms with E-state index in [2.05, 4.69) is 11.8 Å². The molecule has 3 unspecified atom stereocenters. The summed E-state index contributed by atoms with van der Waals surface area (Å²) in [4.78, 5) is 2.39. The molecule has 0 radical (unpaired) electrons. The second kappa shape index (κ2) is 4.94. The van der Waals surface area contributed by atoms with Crippen LogP contribution in [0, 0.1) is 5.92 Å². The largest absolute Gasteiger partial charge is 0.393 e. The maximum absolute atomic E-state index is 9.42. The first-order valence-electron chi connectivity index (χ1n) is 5.06. The number of aliphatic hydroxyl groups is 1. The fraction of sp³-hybridized carbons (Fsp3) is 1.00. The Morgan fingerprint density at radius 3 is 2.69 bits per heavy atom. The van der Waals surface area contributed by atoms with E-state index in [0.717, 1.165) is 26.1 Å².